The molecule has 2 unspecified atom stereocenters. The number of aromatic hydroxyl groups is 1. The van der Waals surface area contributed by atoms with Gasteiger partial charge in [-0.05, 0) is 40.2 Å². The van der Waals surface area contributed by atoms with Crippen molar-refractivity contribution in [1.82, 2.24) is 9.47 Å². The smallest absolute Gasteiger partial charge is 0.223 e. The van der Waals surface area contributed by atoms with Gasteiger partial charge in [-0.2, -0.15) is 0 Å². The first-order valence-electron chi connectivity index (χ1n) is 7.74. The van der Waals surface area contributed by atoms with E-state index in [-0.39, 0.29) is 11.2 Å². The summed E-state index contributed by atoms with van der Waals surface area (Å²) in [5, 5.41) is 19.9. The molecule has 0 aromatic carbocycles. The number of pyridine rings is 1. The number of likely N-dealkylation sites (tertiary alicyclic amines) is 1. The lowest BCUT2D eigenvalue weighted by atomic mass is 10.0. The van der Waals surface area contributed by atoms with Gasteiger partial charge >= 0.3 is 0 Å². The number of hydrogen-bond acceptors (Lipinski definition) is 4. The van der Waals surface area contributed by atoms with Gasteiger partial charge in [-0.15, -0.1) is 0 Å². The topological polar surface area (TPSA) is 65.7 Å². The second kappa shape index (κ2) is 6.62. The normalized spacial score (nSPS) is 21.4. The molecule has 2 atom stereocenters. The summed E-state index contributed by atoms with van der Waals surface area (Å²) in [5.41, 5.74) is 1.06. The lowest BCUT2D eigenvalue weighted by Crippen LogP contribution is -2.38. The molecule has 1 aliphatic rings. The molecule has 2 rings (SSSR count). The first-order valence-corrected chi connectivity index (χ1v) is 7.74. The summed E-state index contributed by atoms with van der Waals surface area (Å²) in [7, 11) is 0. The second-order valence-electron chi connectivity index (χ2n) is 6.22. The Balaban J connectivity index is 2.37. The Hall–Kier alpha value is -1.33. The Labute approximate surface area is 125 Å². The molecule has 0 spiro atoms. The van der Waals surface area contributed by atoms with Crippen LogP contribution in [0.1, 0.15) is 44.5 Å². The molecular formula is C16H26N2O3. The van der Waals surface area contributed by atoms with Crippen LogP contribution >= 0.6 is 0 Å². The van der Waals surface area contributed by atoms with Crippen molar-refractivity contribution in [3.8, 4) is 5.75 Å². The number of aryl methyl sites for hydroxylation is 1. The van der Waals surface area contributed by atoms with Crippen molar-refractivity contribution in [3.05, 3.63) is 27.7 Å². The zero-order chi connectivity index (χ0) is 15.6. The summed E-state index contributed by atoms with van der Waals surface area (Å²) < 4.78 is 1.86. The molecule has 1 fully saturated rings. The predicted octanol–water partition coefficient (Wildman–Crippen LogP) is 1.62. The zero-order valence-electron chi connectivity index (χ0n) is 13.2. The molecule has 21 heavy (non-hydrogen) atoms. The van der Waals surface area contributed by atoms with E-state index in [1.807, 2.05) is 11.5 Å². The van der Waals surface area contributed by atoms with Crippen LogP contribution < -0.4 is 5.43 Å². The highest BCUT2D eigenvalue weighted by Gasteiger charge is 2.22. The molecule has 1 aliphatic heterocycles. The molecule has 5 heteroatoms. The zero-order valence-corrected chi connectivity index (χ0v) is 13.2. The molecule has 1 aromatic heterocycles. The summed E-state index contributed by atoms with van der Waals surface area (Å²) in [6.45, 7) is 7.66. The molecule has 0 aliphatic carbocycles. The third kappa shape index (κ3) is 3.66. The Bertz CT molecular complexity index is 551. The minimum atomic E-state index is -0.525. The van der Waals surface area contributed by atoms with Crippen molar-refractivity contribution in [2.75, 3.05) is 6.54 Å². The van der Waals surface area contributed by atoms with E-state index in [0.29, 0.717) is 24.8 Å². The van der Waals surface area contributed by atoms with E-state index in [0.717, 1.165) is 25.1 Å². The monoisotopic (exact) mass is 294 g/mol. The summed E-state index contributed by atoms with van der Waals surface area (Å²) in [4.78, 5) is 14.2. The maximum absolute atomic E-state index is 11.9. The van der Waals surface area contributed by atoms with E-state index in [9.17, 15) is 15.0 Å². The van der Waals surface area contributed by atoms with Crippen molar-refractivity contribution >= 4 is 0 Å². The number of aliphatic hydroxyl groups is 1. The molecule has 2 heterocycles. The molecule has 1 aromatic rings. The first-order chi connectivity index (χ1) is 9.90. The fourth-order valence-electron chi connectivity index (χ4n) is 3.08. The van der Waals surface area contributed by atoms with Gasteiger partial charge in [0.25, 0.3) is 0 Å². The molecule has 118 valence electrons. The maximum Gasteiger partial charge on any atom is 0.223 e. The van der Waals surface area contributed by atoms with Crippen LogP contribution in [-0.2, 0) is 13.1 Å². The molecule has 1 saturated heterocycles. The molecular weight excluding hydrogens is 268 g/mol. The van der Waals surface area contributed by atoms with Crippen LogP contribution in [-0.4, -0.2) is 38.4 Å². The van der Waals surface area contributed by atoms with Crippen molar-refractivity contribution in [1.29, 1.82) is 0 Å². The van der Waals surface area contributed by atoms with E-state index in [2.05, 4.69) is 11.8 Å². The molecule has 5 nitrogen and oxygen atoms in total. The van der Waals surface area contributed by atoms with Gasteiger partial charge in [-0.3, -0.25) is 9.69 Å². The minimum absolute atomic E-state index is 0.181. The summed E-state index contributed by atoms with van der Waals surface area (Å²) in [6.07, 6.45) is 3.01. The van der Waals surface area contributed by atoms with Crippen molar-refractivity contribution in [3.63, 3.8) is 0 Å². The Morgan fingerprint density at radius 2 is 2.14 bits per heavy atom. The fraction of sp³-hybridized carbons (Fsp3) is 0.688. The average Bonchev–Trinajstić information content (AvgIpc) is 2.42. The fourth-order valence-corrected chi connectivity index (χ4v) is 3.08. The summed E-state index contributed by atoms with van der Waals surface area (Å²) >= 11 is 0. The molecule has 0 radical (unpaired) electrons. The Morgan fingerprint density at radius 3 is 2.76 bits per heavy atom. The largest absolute Gasteiger partial charge is 0.503 e. The van der Waals surface area contributed by atoms with Gasteiger partial charge in [-0.25, -0.2) is 0 Å². The quantitative estimate of drug-likeness (QED) is 0.885. The lowest BCUT2D eigenvalue weighted by molar-refractivity contribution is 0.139. The van der Waals surface area contributed by atoms with Crippen LogP contribution in [0.3, 0.4) is 0 Å². The molecule has 0 saturated carbocycles. The lowest BCUT2D eigenvalue weighted by Gasteiger charge is -2.34. The van der Waals surface area contributed by atoms with Crippen LogP contribution in [0, 0.1) is 6.92 Å². The molecule has 0 amide bonds. The van der Waals surface area contributed by atoms with Gasteiger partial charge in [-0.1, -0.05) is 6.42 Å². The van der Waals surface area contributed by atoms with Gasteiger partial charge in [0, 0.05) is 30.9 Å². The SMILES string of the molecule is Cc1cc(=O)c(O)c(CN2CCCCC2C)n1CC(C)O. The van der Waals surface area contributed by atoms with Crippen LogP contribution in [0.4, 0.5) is 0 Å². The number of aliphatic hydroxyl groups excluding tert-OH is 1. The van der Waals surface area contributed by atoms with Gasteiger partial charge in [0.05, 0.1) is 11.8 Å². The van der Waals surface area contributed by atoms with E-state index < -0.39 is 6.10 Å². The third-order valence-electron chi connectivity index (χ3n) is 4.34. The van der Waals surface area contributed by atoms with Crippen LogP contribution in [0.5, 0.6) is 5.75 Å². The third-order valence-corrected chi connectivity index (χ3v) is 4.34. The highest BCUT2D eigenvalue weighted by molar-refractivity contribution is 5.30. The first kappa shape index (κ1) is 16.0. The number of piperidine rings is 1. The second-order valence-corrected chi connectivity index (χ2v) is 6.22. The number of aromatic nitrogens is 1. The van der Waals surface area contributed by atoms with Gasteiger partial charge in [0.2, 0.25) is 5.43 Å². The minimum Gasteiger partial charge on any atom is -0.503 e. The average molecular weight is 294 g/mol. The van der Waals surface area contributed by atoms with E-state index >= 15 is 0 Å². The Kier molecular flexibility index (Phi) is 5.06. The predicted molar refractivity (Wildman–Crippen MR) is 82.5 cm³/mol. The summed E-state index contributed by atoms with van der Waals surface area (Å²) in [6, 6.07) is 1.88. The highest BCUT2D eigenvalue weighted by atomic mass is 16.3. The van der Waals surface area contributed by atoms with Crippen molar-refractivity contribution < 1.29 is 10.2 Å². The standard InChI is InChI=1S/C16H26N2O3/c1-11-6-4-5-7-17(11)10-14-16(21)15(20)8-12(2)18(14)9-13(3)19/h8,11,13,19,21H,4-7,9-10H2,1-3H3. The van der Waals surface area contributed by atoms with Crippen LogP contribution in [0.2, 0.25) is 0 Å². The van der Waals surface area contributed by atoms with E-state index in [1.165, 1.54) is 12.5 Å². The maximum atomic E-state index is 11.9. The highest BCUT2D eigenvalue weighted by Crippen LogP contribution is 2.23. The van der Waals surface area contributed by atoms with E-state index in [1.54, 1.807) is 6.92 Å². The molecule has 2 N–H and O–H groups in total. The Morgan fingerprint density at radius 1 is 1.43 bits per heavy atom. The van der Waals surface area contributed by atoms with Gasteiger partial charge < -0.3 is 14.8 Å². The molecule has 0 bridgehead atoms. The summed E-state index contributed by atoms with van der Waals surface area (Å²) in [5.74, 6) is -0.181. The van der Waals surface area contributed by atoms with Gasteiger partial charge in [0.1, 0.15) is 0 Å². The van der Waals surface area contributed by atoms with Gasteiger partial charge in [0.15, 0.2) is 5.75 Å². The number of nitrogens with zero attached hydrogens (tertiary/aromatic N) is 2. The number of hydrogen-bond donors (Lipinski definition) is 2. The van der Waals surface area contributed by atoms with Crippen molar-refractivity contribution in [2.45, 2.75) is 65.3 Å². The van der Waals surface area contributed by atoms with Crippen LogP contribution in [0.15, 0.2) is 10.9 Å². The van der Waals surface area contributed by atoms with Crippen LogP contribution in [0.25, 0.3) is 0 Å². The van der Waals surface area contributed by atoms with Crippen molar-refractivity contribution in [2.24, 2.45) is 0 Å². The van der Waals surface area contributed by atoms with E-state index in [4.69, 9.17) is 0 Å². The number of rotatable bonds is 4.